The number of hydrogen-bond acceptors (Lipinski definition) is 5. The van der Waals surface area contributed by atoms with Crippen molar-refractivity contribution < 1.29 is 5.11 Å². The third kappa shape index (κ3) is 2.28. The van der Waals surface area contributed by atoms with Crippen LogP contribution in [-0.4, -0.2) is 15.1 Å². The summed E-state index contributed by atoms with van der Waals surface area (Å²) in [5, 5.41) is 19.2. The van der Waals surface area contributed by atoms with E-state index in [0.717, 1.165) is 0 Å². The molecular weight excluding hydrogens is 228 g/mol. The van der Waals surface area contributed by atoms with Crippen molar-refractivity contribution in [2.45, 2.75) is 0 Å². The topological polar surface area (TPSA) is 95.8 Å². The number of nitriles is 1. The molecule has 5 heteroatoms. The van der Waals surface area contributed by atoms with Crippen LogP contribution in [0.15, 0.2) is 42.9 Å². The van der Waals surface area contributed by atoms with Crippen LogP contribution in [-0.2, 0) is 0 Å². The average molecular weight is 238 g/mol. The number of nitrogens with zero attached hydrogens (tertiary/aromatic N) is 3. The van der Waals surface area contributed by atoms with Crippen LogP contribution in [0.5, 0.6) is 0 Å². The Hall–Kier alpha value is -2.87. The number of anilines is 1. The van der Waals surface area contributed by atoms with Gasteiger partial charge in [0.1, 0.15) is 23.7 Å². The highest BCUT2D eigenvalue weighted by Crippen LogP contribution is 2.23. The third-order valence-electron chi connectivity index (χ3n) is 2.35. The van der Waals surface area contributed by atoms with Crippen LogP contribution in [0.25, 0.3) is 11.3 Å². The Bertz CT molecular complexity index is 629. The monoisotopic (exact) mass is 238 g/mol. The van der Waals surface area contributed by atoms with E-state index in [1.54, 1.807) is 30.3 Å². The van der Waals surface area contributed by atoms with Crippen molar-refractivity contribution in [2.24, 2.45) is 0 Å². The highest BCUT2D eigenvalue weighted by atomic mass is 16.3. The largest absolute Gasteiger partial charge is 0.506 e. The molecule has 1 aromatic heterocycles. The number of nitrogens with two attached hydrogens (primary N) is 1. The summed E-state index contributed by atoms with van der Waals surface area (Å²) in [5.74, 6) is -0.150. The van der Waals surface area contributed by atoms with E-state index < -0.39 is 0 Å². The minimum absolute atomic E-state index is 0.0861. The maximum atomic E-state index is 10.1. The van der Waals surface area contributed by atoms with Gasteiger partial charge in [-0.2, -0.15) is 5.26 Å². The maximum absolute atomic E-state index is 10.1. The maximum Gasteiger partial charge on any atom is 0.142 e. The van der Waals surface area contributed by atoms with Gasteiger partial charge in [-0.05, 0) is 18.2 Å². The molecule has 2 aromatic rings. The number of rotatable bonds is 2. The van der Waals surface area contributed by atoms with Gasteiger partial charge < -0.3 is 10.8 Å². The van der Waals surface area contributed by atoms with Crippen molar-refractivity contribution in [2.75, 3.05) is 5.73 Å². The Balaban J connectivity index is 2.55. The molecule has 0 aliphatic carbocycles. The van der Waals surface area contributed by atoms with Crippen LogP contribution in [0.4, 0.5) is 5.69 Å². The van der Waals surface area contributed by atoms with Gasteiger partial charge >= 0.3 is 0 Å². The van der Waals surface area contributed by atoms with E-state index in [-0.39, 0.29) is 11.3 Å². The molecule has 1 heterocycles. The molecule has 88 valence electrons. The van der Waals surface area contributed by atoms with Gasteiger partial charge in [0, 0.05) is 17.4 Å². The predicted molar refractivity (Wildman–Crippen MR) is 67.9 cm³/mol. The molecule has 0 saturated carbocycles. The van der Waals surface area contributed by atoms with Gasteiger partial charge in [0.25, 0.3) is 0 Å². The standard InChI is InChI=1S/C13H10N4O/c14-7-11(12-4-5-16-8-17-12)13(18)9-2-1-3-10(15)6-9/h1-6,8,18H,15H2/b13-11-. The molecule has 3 N–H and O–H groups in total. The van der Waals surface area contributed by atoms with E-state index in [0.29, 0.717) is 16.9 Å². The summed E-state index contributed by atoms with van der Waals surface area (Å²) < 4.78 is 0. The van der Waals surface area contributed by atoms with Crippen LogP contribution in [0.3, 0.4) is 0 Å². The molecule has 2 rings (SSSR count). The van der Waals surface area contributed by atoms with Crippen LogP contribution >= 0.6 is 0 Å². The van der Waals surface area contributed by atoms with Crippen molar-refractivity contribution in [3.63, 3.8) is 0 Å². The lowest BCUT2D eigenvalue weighted by molar-refractivity contribution is 0.514. The Morgan fingerprint density at radius 2 is 2.17 bits per heavy atom. The zero-order chi connectivity index (χ0) is 13.0. The molecule has 0 radical (unpaired) electrons. The number of nitrogen functional groups attached to an aromatic ring is 1. The molecule has 0 aliphatic rings. The molecular formula is C13H10N4O. The molecule has 1 aromatic carbocycles. The normalized spacial score (nSPS) is 11.5. The first-order valence-electron chi connectivity index (χ1n) is 5.18. The zero-order valence-electron chi connectivity index (χ0n) is 9.41. The van der Waals surface area contributed by atoms with E-state index in [2.05, 4.69) is 9.97 Å². The highest BCUT2D eigenvalue weighted by molar-refractivity contribution is 5.93. The lowest BCUT2D eigenvalue weighted by Gasteiger charge is -2.04. The van der Waals surface area contributed by atoms with Crippen molar-refractivity contribution >= 4 is 17.0 Å². The molecule has 5 nitrogen and oxygen atoms in total. The van der Waals surface area contributed by atoms with Crippen LogP contribution in [0.2, 0.25) is 0 Å². The molecule has 0 amide bonds. The summed E-state index contributed by atoms with van der Waals surface area (Å²) >= 11 is 0. The fraction of sp³-hybridized carbons (Fsp3) is 0. The van der Waals surface area contributed by atoms with E-state index in [4.69, 9.17) is 11.0 Å². The molecule has 0 saturated heterocycles. The number of allylic oxidation sites excluding steroid dienone is 1. The summed E-state index contributed by atoms with van der Waals surface area (Å²) in [4.78, 5) is 7.70. The van der Waals surface area contributed by atoms with Crippen LogP contribution < -0.4 is 5.73 Å². The van der Waals surface area contributed by atoms with Gasteiger partial charge in [-0.3, -0.25) is 0 Å². The molecule has 0 unspecified atom stereocenters. The van der Waals surface area contributed by atoms with Crippen molar-refractivity contribution in [3.8, 4) is 6.07 Å². The van der Waals surface area contributed by atoms with Crippen LogP contribution in [0, 0.1) is 11.3 Å². The first kappa shape index (κ1) is 11.6. The molecule has 18 heavy (non-hydrogen) atoms. The minimum atomic E-state index is -0.150. The van der Waals surface area contributed by atoms with Gasteiger partial charge in [0.05, 0.1) is 5.69 Å². The highest BCUT2D eigenvalue weighted by Gasteiger charge is 2.11. The van der Waals surface area contributed by atoms with Crippen molar-refractivity contribution in [1.29, 1.82) is 5.26 Å². The Morgan fingerprint density at radius 1 is 1.33 bits per heavy atom. The molecule has 0 bridgehead atoms. The Kier molecular flexibility index (Phi) is 3.21. The summed E-state index contributed by atoms with van der Waals surface area (Å²) in [5.41, 5.74) is 7.08. The second-order valence-corrected chi connectivity index (χ2v) is 3.56. The lowest BCUT2D eigenvalue weighted by Crippen LogP contribution is -1.94. The molecule has 0 spiro atoms. The average Bonchev–Trinajstić information content (AvgIpc) is 2.41. The zero-order valence-corrected chi connectivity index (χ0v) is 9.41. The van der Waals surface area contributed by atoms with Gasteiger partial charge in [0.15, 0.2) is 0 Å². The van der Waals surface area contributed by atoms with Gasteiger partial charge in [-0.15, -0.1) is 0 Å². The van der Waals surface area contributed by atoms with E-state index in [1.165, 1.54) is 12.5 Å². The quantitative estimate of drug-likeness (QED) is 0.474. The summed E-state index contributed by atoms with van der Waals surface area (Å²) in [6, 6.07) is 10.2. The first-order valence-corrected chi connectivity index (χ1v) is 5.18. The molecule has 0 fully saturated rings. The van der Waals surface area contributed by atoms with Gasteiger partial charge in [-0.25, -0.2) is 9.97 Å². The lowest BCUT2D eigenvalue weighted by atomic mass is 10.1. The molecule has 0 atom stereocenters. The Labute approximate surface area is 104 Å². The summed E-state index contributed by atoms with van der Waals surface area (Å²) in [7, 11) is 0. The number of aliphatic hydroxyl groups is 1. The number of hydrogen-bond donors (Lipinski definition) is 2. The third-order valence-corrected chi connectivity index (χ3v) is 2.35. The number of aliphatic hydroxyl groups excluding tert-OH is 1. The van der Waals surface area contributed by atoms with Gasteiger partial charge in [0.2, 0.25) is 0 Å². The number of benzene rings is 1. The SMILES string of the molecule is N#C/C(=C(/O)c1cccc(N)c1)c1ccncn1. The number of aromatic nitrogens is 2. The van der Waals surface area contributed by atoms with E-state index >= 15 is 0 Å². The van der Waals surface area contributed by atoms with Gasteiger partial charge in [-0.1, -0.05) is 12.1 Å². The predicted octanol–water partition coefficient (Wildman–Crippen LogP) is 2.01. The second kappa shape index (κ2) is 4.97. The van der Waals surface area contributed by atoms with Crippen LogP contribution in [0.1, 0.15) is 11.3 Å². The van der Waals surface area contributed by atoms with E-state index in [1.807, 2.05) is 6.07 Å². The fourth-order valence-corrected chi connectivity index (χ4v) is 1.50. The Morgan fingerprint density at radius 3 is 2.78 bits per heavy atom. The summed E-state index contributed by atoms with van der Waals surface area (Å²) in [6.07, 6.45) is 2.83. The van der Waals surface area contributed by atoms with E-state index in [9.17, 15) is 5.11 Å². The summed E-state index contributed by atoms with van der Waals surface area (Å²) in [6.45, 7) is 0. The van der Waals surface area contributed by atoms with Crippen molar-refractivity contribution in [3.05, 3.63) is 54.1 Å². The molecule has 0 aliphatic heterocycles. The van der Waals surface area contributed by atoms with Crippen molar-refractivity contribution in [1.82, 2.24) is 9.97 Å². The first-order chi connectivity index (χ1) is 8.72. The second-order valence-electron chi connectivity index (χ2n) is 3.56. The minimum Gasteiger partial charge on any atom is -0.506 e. The smallest absolute Gasteiger partial charge is 0.142 e. The fourth-order valence-electron chi connectivity index (χ4n) is 1.50.